The molecule has 0 radical (unpaired) electrons. The van der Waals surface area contributed by atoms with E-state index < -0.39 is 0 Å². The van der Waals surface area contributed by atoms with Gasteiger partial charge in [0.15, 0.2) is 5.82 Å². The Kier molecular flexibility index (Phi) is 5.43. The summed E-state index contributed by atoms with van der Waals surface area (Å²) in [5.74, 6) is 1.68. The number of likely N-dealkylation sites (tertiary alicyclic amines) is 1. The van der Waals surface area contributed by atoms with Crippen LogP contribution in [0.5, 0.6) is 0 Å². The number of nitrogens with one attached hydrogen (secondary N) is 2. The molecule has 0 amide bonds. The van der Waals surface area contributed by atoms with Crippen molar-refractivity contribution in [2.45, 2.75) is 25.3 Å². The highest BCUT2D eigenvalue weighted by atomic mass is 16.1. The molecule has 1 aliphatic heterocycles. The molecule has 1 atom stereocenters. The second-order valence-corrected chi connectivity index (χ2v) is 7.07. The lowest BCUT2D eigenvalue weighted by atomic mass is 9.94. The predicted molar refractivity (Wildman–Crippen MR) is 109 cm³/mol. The van der Waals surface area contributed by atoms with Crippen molar-refractivity contribution in [2.75, 3.05) is 25.5 Å². The van der Waals surface area contributed by atoms with Crippen LogP contribution in [0.3, 0.4) is 0 Å². The van der Waals surface area contributed by atoms with E-state index in [-0.39, 0.29) is 11.5 Å². The van der Waals surface area contributed by atoms with Crippen molar-refractivity contribution < 1.29 is 0 Å². The van der Waals surface area contributed by atoms with Gasteiger partial charge in [-0.2, -0.15) is 0 Å². The zero-order valence-corrected chi connectivity index (χ0v) is 15.9. The predicted octanol–water partition coefficient (Wildman–Crippen LogP) is 2.65. The van der Waals surface area contributed by atoms with Crippen LogP contribution >= 0.6 is 0 Å². The van der Waals surface area contributed by atoms with Gasteiger partial charge in [0, 0.05) is 50.1 Å². The van der Waals surface area contributed by atoms with E-state index in [1.165, 1.54) is 5.56 Å². The van der Waals surface area contributed by atoms with E-state index in [1.807, 2.05) is 31.3 Å². The molecule has 4 heterocycles. The first-order chi connectivity index (χ1) is 13.7. The average molecular weight is 376 g/mol. The average Bonchev–Trinajstić information content (AvgIpc) is 2.74. The first-order valence-electron chi connectivity index (χ1n) is 9.59. The number of pyridine rings is 2. The minimum Gasteiger partial charge on any atom is -0.373 e. The Hall–Kier alpha value is -3.06. The minimum absolute atomic E-state index is 0.132. The zero-order chi connectivity index (χ0) is 19.3. The summed E-state index contributed by atoms with van der Waals surface area (Å²) in [6.45, 7) is 2.73. The smallest absolute Gasteiger partial charge is 0.251 e. The molecule has 3 aromatic rings. The molecule has 0 aliphatic carbocycles. The van der Waals surface area contributed by atoms with Gasteiger partial charge >= 0.3 is 0 Å². The Morgan fingerprint density at radius 1 is 1.21 bits per heavy atom. The van der Waals surface area contributed by atoms with Crippen LogP contribution in [0, 0.1) is 0 Å². The first-order valence-corrected chi connectivity index (χ1v) is 9.59. The summed E-state index contributed by atoms with van der Waals surface area (Å²) < 4.78 is 0. The standard InChI is InChI=1S/C21H24N6O/c1-22-20-16(6-4-10-24-20)14-27-11-5-7-15(13-27)18-12-19(28)26-21(25-18)17-8-2-3-9-23-17/h2-4,6,8-10,12,15H,5,7,11,13-14H2,1H3,(H,22,24)(H,25,26,28). The maximum absolute atomic E-state index is 12.2. The van der Waals surface area contributed by atoms with Gasteiger partial charge in [0.25, 0.3) is 5.56 Å². The van der Waals surface area contributed by atoms with E-state index in [0.29, 0.717) is 11.5 Å². The number of anilines is 1. The number of aromatic amines is 1. The van der Waals surface area contributed by atoms with Gasteiger partial charge in [-0.1, -0.05) is 12.1 Å². The lowest BCUT2D eigenvalue weighted by Gasteiger charge is -2.32. The highest BCUT2D eigenvalue weighted by Gasteiger charge is 2.24. The Bertz CT molecular complexity index is 987. The van der Waals surface area contributed by atoms with E-state index in [4.69, 9.17) is 4.98 Å². The molecule has 1 fully saturated rings. The fraction of sp³-hybridized carbons (Fsp3) is 0.333. The Morgan fingerprint density at radius 2 is 2.11 bits per heavy atom. The molecular weight excluding hydrogens is 352 g/mol. The summed E-state index contributed by atoms with van der Waals surface area (Å²) in [6.07, 6.45) is 5.61. The van der Waals surface area contributed by atoms with Crippen LogP contribution in [0.2, 0.25) is 0 Å². The third-order valence-electron chi connectivity index (χ3n) is 5.11. The quantitative estimate of drug-likeness (QED) is 0.712. The summed E-state index contributed by atoms with van der Waals surface area (Å²) >= 11 is 0. The monoisotopic (exact) mass is 376 g/mol. The molecule has 2 N–H and O–H groups in total. The Morgan fingerprint density at radius 3 is 2.93 bits per heavy atom. The van der Waals surface area contributed by atoms with E-state index in [0.717, 1.165) is 44.0 Å². The Labute approximate surface area is 163 Å². The third kappa shape index (κ3) is 4.09. The maximum Gasteiger partial charge on any atom is 0.251 e. The van der Waals surface area contributed by atoms with Gasteiger partial charge in [-0.3, -0.25) is 14.7 Å². The van der Waals surface area contributed by atoms with E-state index >= 15 is 0 Å². The molecule has 1 saturated heterocycles. The van der Waals surface area contributed by atoms with Crippen molar-refractivity contribution in [1.82, 2.24) is 24.8 Å². The largest absolute Gasteiger partial charge is 0.373 e. The fourth-order valence-electron chi connectivity index (χ4n) is 3.78. The molecular formula is C21H24N6O. The van der Waals surface area contributed by atoms with Crippen LogP contribution in [-0.2, 0) is 6.54 Å². The second-order valence-electron chi connectivity index (χ2n) is 7.07. The molecule has 3 aromatic heterocycles. The lowest BCUT2D eigenvalue weighted by Crippen LogP contribution is -2.35. The van der Waals surface area contributed by atoms with Crippen molar-refractivity contribution in [3.05, 3.63) is 70.4 Å². The molecule has 0 bridgehead atoms. The topological polar surface area (TPSA) is 86.8 Å². The van der Waals surface area contributed by atoms with Gasteiger partial charge in [-0.05, 0) is 37.6 Å². The third-order valence-corrected chi connectivity index (χ3v) is 5.11. The summed E-state index contributed by atoms with van der Waals surface area (Å²) in [5, 5.41) is 3.16. The minimum atomic E-state index is -0.132. The normalized spacial score (nSPS) is 17.4. The van der Waals surface area contributed by atoms with Crippen molar-refractivity contribution in [2.24, 2.45) is 0 Å². The highest BCUT2D eigenvalue weighted by molar-refractivity contribution is 5.48. The summed E-state index contributed by atoms with van der Waals surface area (Å²) in [5.41, 5.74) is 2.57. The molecule has 0 spiro atoms. The molecule has 144 valence electrons. The number of rotatable bonds is 5. The van der Waals surface area contributed by atoms with Gasteiger partial charge in [-0.25, -0.2) is 9.97 Å². The number of nitrogens with zero attached hydrogens (tertiary/aromatic N) is 4. The van der Waals surface area contributed by atoms with Crippen LogP contribution in [-0.4, -0.2) is 45.0 Å². The molecule has 1 aliphatic rings. The van der Waals surface area contributed by atoms with E-state index in [2.05, 4.69) is 31.2 Å². The fourth-order valence-corrected chi connectivity index (χ4v) is 3.78. The highest BCUT2D eigenvalue weighted by Crippen LogP contribution is 2.27. The van der Waals surface area contributed by atoms with Gasteiger partial charge in [-0.15, -0.1) is 0 Å². The SMILES string of the molecule is CNc1ncccc1CN1CCCC(c2cc(=O)[nH]c(-c3ccccn3)n2)C1. The molecule has 28 heavy (non-hydrogen) atoms. The van der Waals surface area contributed by atoms with Gasteiger partial charge < -0.3 is 10.3 Å². The number of H-pyrrole nitrogens is 1. The van der Waals surface area contributed by atoms with Crippen LogP contribution in [0.25, 0.3) is 11.5 Å². The lowest BCUT2D eigenvalue weighted by molar-refractivity contribution is 0.198. The van der Waals surface area contributed by atoms with Crippen LogP contribution in [0.4, 0.5) is 5.82 Å². The zero-order valence-electron chi connectivity index (χ0n) is 15.9. The Balaban J connectivity index is 1.55. The van der Waals surface area contributed by atoms with Crippen molar-refractivity contribution in [1.29, 1.82) is 0 Å². The van der Waals surface area contributed by atoms with Crippen LogP contribution < -0.4 is 10.9 Å². The number of aromatic nitrogens is 4. The van der Waals surface area contributed by atoms with Crippen molar-refractivity contribution in [3.63, 3.8) is 0 Å². The first kappa shape index (κ1) is 18.3. The second kappa shape index (κ2) is 8.31. The van der Waals surface area contributed by atoms with E-state index in [1.54, 1.807) is 18.5 Å². The molecule has 0 aromatic carbocycles. The van der Waals surface area contributed by atoms with Crippen molar-refractivity contribution in [3.8, 4) is 11.5 Å². The molecule has 7 nitrogen and oxygen atoms in total. The van der Waals surface area contributed by atoms with Gasteiger partial charge in [0.05, 0.1) is 5.69 Å². The summed E-state index contributed by atoms with van der Waals surface area (Å²) in [4.78, 5) is 30.9. The maximum atomic E-state index is 12.2. The molecule has 7 heteroatoms. The van der Waals surface area contributed by atoms with Gasteiger partial charge in [0.2, 0.25) is 0 Å². The summed E-state index contributed by atoms with van der Waals surface area (Å²) in [6, 6.07) is 11.3. The number of piperidine rings is 1. The molecule has 0 saturated carbocycles. The van der Waals surface area contributed by atoms with Crippen LogP contribution in [0.15, 0.2) is 53.6 Å². The van der Waals surface area contributed by atoms with E-state index in [9.17, 15) is 4.79 Å². The van der Waals surface area contributed by atoms with Gasteiger partial charge in [0.1, 0.15) is 11.5 Å². The molecule has 4 rings (SSSR count). The summed E-state index contributed by atoms with van der Waals surface area (Å²) in [7, 11) is 1.89. The number of hydrogen-bond acceptors (Lipinski definition) is 6. The van der Waals surface area contributed by atoms with Crippen LogP contribution in [0.1, 0.15) is 30.0 Å². The van der Waals surface area contributed by atoms with Crippen molar-refractivity contribution >= 4 is 5.82 Å². The number of hydrogen-bond donors (Lipinski definition) is 2. The molecule has 1 unspecified atom stereocenters.